The van der Waals surface area contributed by atoms with Crippen molar-refractivity contribution >= 4 is 23.3 Å². The molecule has 1 aromatic heterocycles. The van der Waals surface area contributed by atoms with Crippen LogP contribution in [0.15, 0.2) is 91.3 Å². The number of halogens is 1. The van der Waals surface area contributed by atoms with Crippen LogP contribution in [0.5, 0.6) is 51.7 Å². The zero-order chi connectivity index (χ0) is 46.6. The van der Waals surface area contributed by atoms with Crippen molar-refractivity contribution < 1.29 is 38.0 Å². The van der Waals surface area contributed by atoms with Gasteiger partial charge in [0.2, 0.25) is 11.7 Å². The molecule has 0 unspecified atom stereocenters. The maximum Gasteiger partial charge on any atom is 0.222 e. The molecular formula is C53H56ClN5O8. The van der Waals surface area contributed by atoms with E-state index in [-0.39, 0.29) is 24.3 Å². The van der Waals surface area contributed by atoms with Crippen molar-refractivity contribution in [3.05, 3.63) is 141 Å². The maximum atomic E-state index is 13.0. The van der Waals surface area contributed by atoms with Gasteiger partial charge < -0.3 is 38.5 Å². The molecule has 5 aromatic carbocycles. The normalized spacial score (nSPS) is 16.6. The van der Waals surface area contributed by atoms with Crippen LogP contribution in [0.25, 0.3) is 0 Å². The molecule has 0 saturated heterocycles. The van der Waals surface area contributed by atoms with E-state index >= 15 is 0 Å². The molecule has 13 nitrogen and oxygen atoms in total. The lowest BCUT2D eigenvalue weighted by atomic mass is 9.87. The number of benzene rings is 5. The van der Waals surface area contributed by atoms with Crippen LogP contribution in [0.2, 0.25) is 5.02 Å². The van der Waals surface area contributed by atoms with Crippen LogP contribution in [0, 0.1) is 0 Å². The third-order valence-corrected chi connectivity index (χ3v) is 13.4. The number of nitrogens with zero attached hydrogens (tertiary/aromatic N) is 4. The van der Waals surface area contributed by atoms with Gasteiger partial charge in [-0.2, -0.15) is 0 Å². The molecule has 0 amide bonds. The number of ether oxygens (including phenoxy) is 7. The number of ketones is 1. The number of likely N-dealkylation sites (N-methyl/N-ethyl adjacent to an activating group) is 2. The lowest BCUT2D eigenvalue weighted by molar-refractivity contribution is 0.0992. The number of fused-ring (bicyclic) bond motifs is 2. The zero-order valence-corrected chi connectivity index (χ0v) is 39.6. The minimum Gasteiger partial charge on any atom is -0.497 e. The van der Waals surface area contributed by atoms with E-state index in [1.165, 1.54) is 16.7 Å². The molecule has 6 bridgehead atoms. The molecule has 0 aliphatic carbocycles. The highest BCUT2D eigenvalue weighted by Crippen LogP contribution is 2.52. The molecule has 6 aromatic rings. The van der Waals surface area contributed by atoms with Crippen molar-refractivity contribution in [2.45, 2.75) is 50.6 Å². The number of carbonyl (C=O) groups is 1. The monoisotopic (exact) mass is 925 g/mol. The van der Waals surface area contributed by atoms with Crippen LogP contribution in [0.3, 0.4) is 0 Å². The first-order valence-corrected chi connectivity index (χ1v) is 23.0. The fourth-order valence-electron chi connectivity index (χ4n) is 9.34. The van der Waals surface area contributed by atoms with Gasteiger partial charge in [-0.25, -0.2) is 9.97 Å². The Labute approximate surface area is 396 Å². The summed E-state index contributed by atoms with van der Waals surface area (Å²) in [4.78, 5) is 26.7. The quantitative estimate of drug-likeness (QED) is 0.0874. The van der Waals surface area contributed by atoms with Gasteiger partial charge in [0.05, 0.1) is 40.1 Å². The SMILES string of the molecule is COc1ccc(Cl)c(C(=O)Cc2cnc(NCCCOc3ccc4cc3Oc3ccc(cc3)C[C@H]3c5cc(c(OC)cc5CCN3C)Oc3c(OC)c(OC)cc5c3[C@@H](C4)N(C)CC5)nc2)c1. The highest BCUT2D eigenvalue weighted by molar-refractivity contribution is 6.34. The van der Waals surface area contributed by atoms with E-state index in [0.29, 0.717) is 94.1 Å². The number of rotatable bonds is 13. The second-order valence-corrected chi connectivity index (χ2v) is 17.6. The van der Waals surface area contributed by atoms with E-state index in [9.17, 15) is 4.79 Å². The standard InChI is InChI=1S/C53H56ClN5O8/c1-58-19-16-35-26-46(62-4)48-29-39(35)42(58)22-32-8-11-37(12-9-32)66-47-25-33(23-43-50-36(17-20-59(43)2)27-49(63-5)51(64-6)52(50)67-48)10-15-45(47)65-21-7-18-55-53-56-30-34(31-57-53)24-44(60)40-28-38(61-3)13-14-41(40)54/h8-15,25-31,42-43H,7,16-24H2,1-6H3,(H,55,56,57)/t42-,43+/m0/s1. The summed E-state index contributed by atoms with van der Waals surface area (Å²) in [5, 5.41) is 3.64. The van der Waals surface area contributed by atoms with Crippen molar-refractivity contribution in [2.75, 3.05) is 74.1 Å². The van der Waals surface area contributed by atoms with Gasteiger partial charge in [0.25, 0.3) is 0 Å². The molecule has 4 aliphatic heterocycles. The Hall–Kier alpha value is -6.54. The fourth-order valence-corrected chi connectivity index (χ4v) is 9.57. The molecule has 0 radical (unpaired) electrons. The average Bonchev–Trinajstić information content (AvgIpc) is 3.34. The number of nitrogens with one attached hydrogen (secondary N) is 1. The molecule has 1 N–H and O–H groups in total. The maximum absolute atomic E-state index is 13.0. The number of anilines is 1. The minimum atomic E-state index is -0.144. The molecule has 2 atom stereocenters. The first-order valence-electron chi connectivity index (χ1n) is 22.6. The summed E-state index contributed by atoms with van der Waals surface area (Å²) in [6, 6.07) is 26.0. The van der Waals surface area contributed by atoms with Crippen molar-refractivity contribution in [1.82, 2.24) is 19.8 Å². The third-order valence-electron chi connectivity index (χ3n) is 13.0. The van der Waals surface area contributed by atoms with Gasteiger partial charge in [-0.05, 0) is 140 Å². The van der Waals surface area contributed by atoms with Crippen molar-refractivity contribution in [2.24, 2.45) is 0 Å². The molecule has 67 heavy (non-hydrogen) atoms. The molecule has 0 spiro atoms. The van der Waals surface area contributed by atoms with Gasteiger partial charge >= 0.3 is 0 Å². The van der Waals surface area contributed by atoms with Crippen molar-refractivity contribution in [1.29, 1.82) is 0 Å². The lowest BCUT2D eigenvalue weighted by Gasteiger charge is -2.37. The Balaban J connectivity index is 0.971. The highest BCUT2D eigenvalue weighted by atomic mass is 35.5. The van der Waals surface area contributed by atoms with Crippen molar-refractivity contribution in [3.8, 4) is 51.7 Å². The van der Waals surface area contributed by atoms with Crippen LogP contribution in [0.4, 0.5) is 5.95 Å². The Morgan fingerprint density at radius 2 is 1.45 bits per heavy atom. The molecule has 0 fully saturated rings. The third kappa shape index (κ3) is 9.81. The molecule has 348 valence electrons. The number of carbonyl (C=O) groups excluding carboxylic acids is 1. The molecule has 14 heteroatoms. The summed E-state index contributed by atoms with van der Waals surface area (Å²) in [5.74, 6) is 5.97. The largest absolute Gasteiger partial charge is 0.497 e. The molecule has 10 rings (SSSR count). The Kier molecular flexibility index (Phi) is 13.7. The number of Topliss-reactive ketones (excluding diaryl/α,β-unsaturated/α-hetero) is 1. The minimum absolute atomic E-state index is 0.0758. The lowest BCUT2D eigenvalue weighted by Crippen LogP contribution is -2.34. The van der Waals surface area contributed by atoms with Gasteiger partial charge in [0, 0.05) is 61.7 Å². The molecule has 0 saturated carbocycles. The topological polar surface area (TPSA) is 126 Å². The van der Waals surface area contributed by atoms with E-state index in [0.717, 1.165) is 54.8 Å². The van der Waals surface area contributed by atoms with Gasteiger partial charge in [0.15, 0.2) is 40.3 Å². The summed E-state index contributed by atoms with van der Waals surface area (Å²) in [7, 11) is 10.9. The summed E-state index contributed by atoms with van der Waals surface area (Å²) in [5.41, 5.74) is 8.00. The second kappa shape index (κ2) is 20.1. The first kappa shape index (κ1) is 45.6. The summed E-state index contributed by atoms with van der Waals surface area (Å²) < 4.78 is 43.6. The Morgan fingerprint density at radius 1 is 0.746 bits per heavy atom. The van der Waals surface area contributed by atoms with E-state index < -0.39 is 0 Å². The Bertz CT molecular complexity index is 2750. The number of hydrogen-bond acceptors (Lipinski definition) is 13. The van der Waals surface area contributed by atoms with Crippen molar-refractivity contribution in [3.63, 3.8) is 0 Å². The fraction of sp³-hybridized carbons (Fsp3) is 0.340. The number of aromatic nitrogens is 2. The number of hydrogen-bond donors (Lipinski definition) is 1. The van der Waals surface area contributed by atoms with Gasteiger partial charge in [-0.1, -0.05) is 29.8 Å². The predicted octanol–water partition coefficient (Wildman–Crippen LogP) is 9.91. The van der Waals surface area contributed by atoms with Crippen LogP contribution in [-0.2, 0) is 32.1 Å². The van der Waals surface area contributed by atoms with Crippen LogP contribution < -0.4 is 38.5 Å². The summed E-state index contributed by atoms with van der Waals surface area (Å²) in [6.07, 6.45) is 7.25. The molecule has 4 aliphatic rings. The molecular weight excluding hydrogens is 870 g/mol. The van der Waals surface area contributed by atoms with E-state index in [4.69, 9.17) is 44.8 Å². The highest BCUT2D eigenvalue weighted by Gasteiger charge is 2.35. The molecule has 5 heterocycles. The van der Waals surface area contributed by atoms with Gasteiger partial charge in [-0.15, -0.1) is 0 Å². The first-order chi connectivity index (χ1) is 32.6. The van der Waals surface area contributed by atoms with Gasteiger partial charge in [0.1, 0.15) is 11.5 Å². The summed E-state index contributed by atoms with van der Waals surface area (Å²) >= 11 is 6.30. The Morgan fingerprint density at radius 3 is 2.19 bits per heavy atom. The van der Waals surface area contributed by atoms with Crippen LogP contribution in [-0.4, -0.2) is 94.3 Å². The van der Waals surface area contributed by atoms with Crippen LogP contribution >= 0.6 is 11.6 Å². The van der Waals surface area contributed by atoms with Crippen LogP contribution in [0.1, 0.15) is 67.8 Å². The number of methoxy groups -OCH3 is 4. The van der Waals surface area contributed by atoms with E-state index in [2.05, 4.69) is 81.6 Å². The predicted molar refractivity (Wildman–Crippen MR) is 258 cm³/mol. The zero-order valence-electron chi connectivity index (χ0n) is 38.8. The van der Waals surface area contributed by atoms with E-state index in [1.54, 1.807) is 59.0 Å². The summed E-state index contributed by atoms with van der Waals surface area (Å²) in [6.45, 7) is 2.75. The van der Waals surface area contributed by atoms with E-state index in [1.807, 2.05) is 18.2 Å². The smallest absolute Gasteiger partial charge is 0.222 e. The van der Waals surface area contributed by atoms with Gasteiger partial charge in [-0.3, -0.25) is 14.6 Å². The second-order valence-electron chi connectivity index (χ2n) is 17.2. The average molecular weight is 927 g/mol.